The highest BCUT2D eigenvalue weighted by Crippen LogP contribution is 2.19. The van der Waals surface area contributed by atoms with Crippen LogP contribution in [0.25, 0.3) is 10.9 Å². The molecule has 0 spiro atoms. The lowest BCUT2D eigenvalue weighted by molar-refractivity contribution is -0.144. The number of esters is 1. The second-order valence-electron chi connectivity index (χ2n) is 8.67. The Bertz CT molecular complexity index is 1360. The van der Waals surface area contributed by atoms with Gasteiger partial charge in [0.05, 0.1) is 18.7 Å². The number of aryl methyl sites for hydroxylation is 2. The maximum atomic E-state index is 13.0. The van der Waals surface area contributed by atoms with Crippen LogP contribution >= 0.6 is 0 Å². The first-order valence-corrected chi connectivity index (χ1v) is 11.7. The fraction of sp³-hybridized carbons (Fsp3) is 0.346. The molecule has 4 rings (SSSR count). The largest absolute Gasteiger partial charge is 0.465 e. The summed E-state index contributed by atoms with van der Waals surface area (Å²) in [5.74, 6) is 0.142. The van der Waals surface area contributed by atoms with Gasteiger partial charge >= 0.3 is 5.97 Å². The average Bonchev–Trinajstić information content (AvgIpc) is 3.25. The third-order valence-electron chi connectivity index (χ3n) is 5.88. The van der Waals surface area contributed by atoms with Crippen molar-refractivity contribution in [3.63, 3.8) is 0 Å². The number of rotatable bonds is 10. The average molecular weight is 475 g/mol. The first-order valence-electron chi connectivity index (χ1n) is 11.7. The topological polar surface area (TPSA) is 106 Å². The summed E-state index contributed by atoms with van der Waals surface area (Å²) >= 11 is 0. The van der Waals surface area contributed by atoms with Gasteiger partial charge in [-0.2, -0.15) is 0 Å². The quantitative estimate of drug-likeness (QED) is 0.352. The van der Waals surface area contributed by atoms with E-state index in [-0.39, 0.29) is 12.1 Å². The number of carbonyl (C=O) groups is 1. The van der Waals surface area contributed by atoms with Crippen molar-refractivity contribution in [2.24, 2.45) is 0 Å². The van der Waals surface area contributed by atoms with Gasteiger partial charge < -0.3 is 9.72 Å². The lowest BCUT2D eigenvalue weighted by Crippen LogP contribution is -2.30. The molecule has 0 fully saturated rings. The minimum Gasteiger partial charge on any atom is -0.465 e. The fourth-order valence-electron chi connectivity index (χ4n) is 4.22. The van der Waals surface area contributed by atoms with Crippen molar-refractivity contribution in [3.05, 3.63) is 87.0 Å². The molecule has 0 amide bonds. The number of H-pyrrole nitrogens is 1. The van der Waals surface area contributed by atoms with Gasteiger partial charge in [-0.3, -0.25) is 14.5 Å². The predicted octanol–water partition coefficient (Wildman–Crippen LogP) is 2.94. The molecule has 0 aliphatic heterocycles. The third-order valence-corrected chi connectivity index (χ3v) is 5.88. The van der Waals surface area contributed by atoms with Crippen LogP contribution < -0.4 is 5.56 Å². The zero-order chi connectivity index (χ0) is 24.8. The summed E-state index contributed by atoms with van der Waals surface area (Å²) in [7, 11) is 0. The van der Waals surface area contributed by atoms with Crippen LogP contribution in [0.3, 0.4) is 0 Å². The second-order valence-corrected chi connectivity index (χ2v) is 8.67. The van der Waals surface area contributed by atoms with E-state index in [0.717, 1.165) is 28.5 Å². The SMILES string of the molecule is CCOC(=O)Cn1nnnc1CN(CCc1ccccc1)Cc1cc2cc(C)cc(C)c2[nH]c1=O. The molecule has 0 saturated heterocycles. The molecular weight excluding hydrogens is 444 g/mol. The Labute approximate surface area is 203 Å². The molecule has 0 unspecified atom stereocenters. The van der Waals surface area contributed by atoms with E-state index < -0.39 is 5.97 Å². The van der Waals surface area contributed by atoms with E-state index >= 15 is 0 Å². The van der Waals surface area contributed by atoms with E-state index in [4.69, 9.17) is 4.74 Å². The summed E-state index contributed by atoms with van der Waals surface area (Å²) in [5.41, 5.74) is 4.80. The van der Waals surface area contributed by atoms with Gasteiger partial charge in [-0.25, -0.2) is 4.68 Å². The van der Waals surface area contributed by atoms with Gasteiger partial charge in [0.1, 0.15) is 6.54 Å². The molecule has 0 atom stereocenters. The van der Waals surface area contributed by atoms with E-state index in [1.165, 1.54) is 10.2 Å². The van der Waals surface area contributed by atoms with Gasteiger partial charge in [-0.15, -0.1) is 5.10 Å². The first-order chi connectivity index (χ1) is 16.9. The molecule has 35 heavy (non-hydrogen) atoms. The Morgan fingerprint density at radius 2 is 1.91 bits per heavy atom. The number of tetrazole rings is 1. The third kappa shape index (κ3) is 6.19. The van der Waals surface area contributed by atoms with Crippen LogP contribution in [0.5, 0.6) is 0 Å². The number of nitrogens with zero attached hydrogens (tertiary/aromatic N) is 5. The maximum absolute atomic E-state index is 13.0. The van der Waals surface area contributed by atoms with Gasteiger partial charge in [0.25, 0.3) is 5.56 Å². The van der Waals surface area contributed by atoms with Crippen LogP contribution in [0.1, 0.15) is 35.0 Å². The summed E-state index contributed by atoms with van der Waals surface area (Å²) < 4.78 is 6.49. The van der Waals surface area contributed by atoms with E-state index in [9.17, 15) is 9.59 Å². The van der Waals surface area contributed by atoms with Crippen LogP contribution in [0.4, 0.5) is 0 Å². The molecule has 9 heteroatoms. The summed E-state index contributed by atoms with van der Waals surface area (Å²) in [6, 6.07) is 16.3. The number of hydrogen-bond acceptors (Lipinski definition) is 7. The number of aromatic nitrogens is 5. The molecule has 2 aromatic carbocycles. The zero-order valence-corrected chi connectivity index (χ0v) is 20.3. The molecule has 0 aliphatic carbocycles. The van der Waals surface area contributed by atoms with Crippen LogP contribution in [-0.4, -0.2) is 49.2 Å². The van der Waals surface area contributed by atoms with Crippen molar-refractivity contribution < 1.29 is 9.53 Å². The Hall–Kier alpha value is -3.85. The lowest BCUT2D eigenvalue weighted by Gasteiger charge is -2.22. The van der Waals surface area contributed by atoms with Crippen molar-refractivity contribution >= 4 is 16.9 Å². The van der Waals surface area contributed by atoms with Crippen LogP contribution in [0.2, 0.25) is 0 Å². The normalized spacial score (nSPS) is 11.3. The number of nitrogens with one attached hydrogen (secondary N) is 1. The summed E-state index contributed by atoms with van der Waals surface area (Å²) in [5, 5.41) is 12.8. The van der Waals surface area contributed by atoms with Gasteiger partial charge in [0.15, 0.2) is 5.82 Å². The van der Waals surface area contributed by atoms with Crippen LogP contribution in [-0.2, 0) is 35.6 Å². The number of hydrogen-bond donors (Lipinski definition) is 1. The summed E-state index contributed by atoms with van der Waals surface area (Å²) in [6.07, 6.45) is 0.796. The van der Waals surface area contributed by atoms with Crippen LogP contribution in [0.15, 0.2) is 53.3 Å². The molecule has 0 saturated carbocycles. The molecule has 2 heterocycles. The highest BCUT2D eigenvalue weighted by atomic mass is 16.5. The smallest absolute Gasteiger partial charge is 0.327 e. The Kier molecular flexibility index (Phi) is 7.67. The van der Waals surface area contributed by atoms with Gasteiger partial charge in [-0.1, -0.05) is 42.0 Å². The number of carbonyl (C=O) groups excluding carboxylic acids is 1. The zero-order valence-electron chi connectivity index (χ0n) is 20.3. The fourth-order valence-corrected chi connectivity index (χ4v) is 4.22. The van der Waals surface area contributed by atoms with E-state index in [1.807, 2.05) is 38.1 Å². The van der Waals surface area contributed by atoms with Gasteiger partial charge in [-0.05, 0) is 66.3 Å². The van der Waals surface area contributed by atoms with E-state index in [1.54, 1.807) is 6.92 Å². The molecule has 182 valence electrons. The highest BCUT2D eigenvalue weighted by Gasteiger charge is 2.17. The molecule has 0 aliphatic rings. The monoisotopic (exact) mass is 474 g/mol. The van der Waals surface area contributed by atoms with Crippen molar-refractivity contribution in [1.82, 2.24) is 30.1 Å². The minimum absolute atomic E-state index is 0.0577. The van der Waals surface area contributed by atoms with E-state index in [0.29, 0.717) is 37.6 Å². The predicted molar refractivity (Wildman–Crippen MR) is 133 cm³/mol. The van der Waals surface area contributed by atoms with Gasteiger partial charge in [0, 0.05) is 18.7 Å². The molecule has 1 N–H and O–H groups in total. The first kappa shape index (κ1) is 24.3. The Balaban J connectivity index is 1.60. The lowest BCUT2D eigenvalue weighted by atomic mass is 10.0. The van der Waals surface area contributed by atoms with Crippen molar-refractivity contribution in [2.75, 3.05) is 13.2 Å². The second kappa shape index (κ2) is 11.1. The molecule has 9 nitrogen and oxygen atoms in total. The molecular formula is C26H30N6O3. The number of aromatic amines is 1. The molecule has 2 aromatic heterocycles. The molecule has 0 radical (unpaired) electrons. The van der Waals surface area contributed by atoms with Crippen molar-refractivity contribution in [1.29, 1.82) is 0 Å². The number of fused-ring (bicyclic) bond motifs is 1. The maximum Gasteiger partial charge on any atom is 0.327 e. The Morgan fingerprint density at radius 1 is 1.11 bits per heavy atom. The summed E-state index contributed by atoms with van der Waals surface area (Å²) in [4.78, 5) is 30.1. The molecule has 0 bridgehead atoms. The van der Waals surface area contributed by atoms with Crippen molar-refractivity contribution in [2.45, 2.75) is 46.8 Å². The number of pyridine rings is 1. The Morgan fingerprint density at radius 3 is 2.69 bits per heavy atom. The highest BCUT2D eigenvalue weighted by molar-refractivity contribution is 5.82. The number of ether oxygens (including phenoxy) is 1. The molecule has 4 aromatic rings. The van der Waals surface area contributed by atoms with Gasteiger partial charge in [0.2, 0.25) is 0 Å². The van der Waals surface area contributed by atoms with E-state index in [2.05, 4.69) is 49.7 Å². The van der Waals surface area contributed by atoms with Crippen molar-refractivity contribution in [3.8, 4) is 0 Å². The number of benzene rings is 2. The summed E-state index contributed by atoms with van der Waals surface area (Å²) in [6.45, 7) is 7.52. The van der Waals surface area contributed by atoms with Crippen LogP contribution in [0, 0.1) is 13.8 Å². The standard InChI is InChI=1S/C26H30N6O3/c1-4-35-24(33)17-32-23(28-29-30-32)16-31(11-10-20-8-6-5-7-9-20)15-22-14-21-13-18(2)12-19(3)25(21)27-26(22)34/h5-9,12-14H,4,10-11,15-17H2,1-3H3,(H,27,34). The minimum atomic E-state index is -0.395.